The van der Waals surface area contributed by atoms with E-state index < -0.39 is 0 Å². The standard InChI is InChI=1S/C26H27N5O/c1-3-30(4-2)18-21-8-7-10-23(25(21)32)29-26-28-22-9-5-6-11-24(22)31(26)17-20-14-12-19(16-27)13-15-20/h5-15,32H,3-4,17-18H2,1-2H3,(H,28,29). The van der Waals surface area contributed by atoms with Crippen molar-refractivity contribution in [3.05, 3.63) is 83.4 Å². The highest BCUT2D eigenvalue weighted by Gasteiger charge is 2.15. The molecule has 0 radical (unpaired) electrons. The van der Waals surface area contributed by atoms with Gasteiger partial charge in [0.2, 0.25) is 5.95 Å². The molecule has 0 aliphatic heterocycles. The van der Waals surface area contributed by atoms with Crippen LogP contribution in [0.2, 0.25) is 0 Å². The summed E-state index contributed by atoms with van der Waals surface area (Å²) in [6.07, 6.45) is 0. The van der Waals surface area contributed by atoms with Crippen LogP contribution in [0, 0.1) is 11.3 Å². The molecule has 162 valence electrons. The molecule has 4 rings (SSSR count). The number of fused-ring (bicyclic) bond motifs is 1. The van der Waals surface area contributed by atoms with E-state index in [4.69, 9.17) is 10.2 Å². The van der Waals surface area contributed by atoms with Crippen molar-refractivity contribution in [1.82, 2.24) is 14.5 Å². The number of hydrogen-bond acceptors (Lipinski definition) is 5. The van der Waals surface area contributed by atoms with Gasteiger partial charge in [0.05, 0.1) is 34.9 Å². The van der Waals surface area contributed by atoms with Crippen molar-refractivity contribution in [2.24, 2.45) is 0 Å². The molecule has 1 heterocycles. The molecule has 3 aromatic carbocycles. The van der Waals surface area contributed by atoms with Crippen molar-refractivity contribution >= 4 is 22.7 Å². The van der Waals surface area contributed by atoms with Crippen molar-refractivity contribution in [1.29, 1.82) is 5.26 Å². The predicted octanol–water partition coefficient (Wildman–Crippen LogP) is 5.25. The fourth-order valence-electron chi connectivity index (χ4n) is 3.83. The first-order valence-electron chi connectivity index (χ1n) is 10.9. The van der Waals surface area contributed by atoms with E-state index in [0.717, 1.165) is 35.2 Å². The van der Waals surface area contributed by atoms with Gasteiger partial charge in [-0.25, -0.2) is 4.98 Å². The van der Waals surface area contributed by atoms with Crippen LogP contribution in [0.1, 0.15) is 30.5 Å². The third-order valence-corrected chi connectivity index (χ3v) is 5.73. The minimum atomic E-state index is 0.247. The summed E-state index contributed by atoms with van der Waals surface area (Å²) in [4.78, 5) is 7.04. The lowest BCUT2D eigenvalue weighted by Crippen LogP contribution is -2.22. The van der Waals surface area contributed by atoms with Crippen LogP contribution in [-0.2, 0) is 13.1 Å². The summed E-state index contributed by atoms with van der Waals surface area (Å²) in [6, 6.07) is 23.5. The normalized spacial score (nSPS) is 11.1. The quantitative estimate of drug-likeness (QED) is 0.377. The third kappa shape index (κ3) is 4.43. The fourth-order valence-corrected chi connectivity index (χ4v) is 3.83. The predicted molar refractivity (Wildman–Crippen MR) is 128 cm³/mol. The zero-order valence-electron chi connectivity index (χ0n) is 18.4. The highest BCUT2D eigenvalue weighted by molar-refractivity contribution is 5.80. The molecular weight excluding hydrogens is 398 g/mol. The number of aromatic nitrogens is 2. The Balaban J connectivity index is 1.69. The first-order valence-corrected chi connectivity index (χ1v) is 10.9. The molecule has 0 bridgehead atoms. The second kappa shape index (κ2) is 9.54. The third-order valence-electron chi connectivity index (χ3n) is 5.73. The Morgan fingerprint density at radius 2 is 1.75 bits per heavy atom. The van der Waals surface area contributed by atoms with Gasteiger partial charge in [-0.15, -0.1) is 0 Å². The second-order valence-electron chi connectivity index (χ2n) is 7.72. The van der Waals surface area contributed by atoms with Gasteiger partial charge in [-0.1, -0.05) is 50.2 Å². The highest BCUT2D eigenvalue weighted by Crippen LogP contribution is 2.32. The lowest BCUT2D eigenvalue weighted by molar-refractivity contribution is 0.291. The van der Waals surface area contributed by atoms with Crippen LogP contribution in [0.4, 0.5) is 11.6 Å². The number of phenolic OH excluding ortho intramolecular Hbond substituents is 1. The number of imidazole rings is 1. The molecule has 0 aliphatic carbocycles. The van der Waals surface area contributed by atoms with E-state index in [-0.39, 0.29) is 5.75 Å². The summed E-state index contributed by atoms with van der Waals surface area (Å²) >= 11 is 0. The van der Waals surface area contributed by atoms with E-state index >= 15 is 0 Å². The Kier molecular flexibility index (Phi) is 6.39. The average Bonchev–Trinajstić information content (AvgIpc) is 3.17. The SMILES string of the molecule is CCN(CC)Cc1cccc(Nc2nc3ccccc3n2Cc2ccc(C#N)cc2)c1O. The van der Waals surface area contributed by atoms with Gasteiger partial charge in [0, 0.05) is 12.1 Å². The smallest absolute Gasteiger partial charge is 0.208 e. The largest absolute Gasteiger partial charge is 0.505 e. The van der Waals surface area contributed by atoms with Gasteiger partial charge in [-0.2, -0.15) is 5.26 Å². The number of phenols is 1. The maximum atomic E-state index is 10.9. The summed E-state index contributed by atoms with van der Waals surface area (Å²) in [5.41, 5.74) is 5.09. The lowest BCUT2D eigenvalue weighted by Gasteiger charge is -2.20. The summed E-state index contributed by atoms with van der Waals surface area (Å²) < 4.78 is 2.09. The van der Waals surface area contributed by atoms with Gasteiger partial charge >= 0.3 is 0 Å². The Bertz CT molecular complexity index is 1250. The molecule has 1 aromatic heterocycles. The van der Waals surface area contributed by atoms with Crippen LogP contribution in [0.5, 0.6) is 5.75 Å². The minimum Gasteiger partial charge on any atom is -0.505 e. The van der Waals surface area contributed by atoms with E-state index in [2.05, 4.69) is 34.7 Å². The molecule has 0 saturated carbocycles. The first-order chi connectivity index (χ1) is 15.6. The molecule has 32 heavy (non-hydrogen) atoms. The average molecular weight is 426 g/mol. The highest BCUT2D eigenvalue weighted by atomic mass is 16.3. The van der Waals surface area contributed by atoms with E-state index in [9.17, 15) is 5.11 Å². The van der Waals surface area contributed by atoms with E-state index in [0.29, 0.717) is 30.3 Å². The van der Waals surface area contributed by atoms with Crippen LogP contribution in [0.15, 0.2) is 66.7 Å². The van der Waals surface area contributed by atoms with Crippen LogP contribution in [0.25, 0.3) is 11.0 Å². The van der Waals surface area contributed by atoms with Crippen LogP contribution >= 0.6 is 0 Å². The van der Waals surface area contributed by atoms with E-state index in [1.807, 2.05) is 66.7 Å². The van der Waals surface area contributed by atoms with Crippen molar-refractivity contribution in [2.45, 2.75) is 26.9 Å². The van der Waals surface area contributed by atoms with Crippen LogP contribution < -0.4 is 5.32 Å². The molecule has 0 atom stereocenters. The zero-order chi connectivity index (χ0) is 22.5. The number of benzene rings is 3. The number of rotatable bonds is 8. The van der Waals surface area contributed by atoms with Crippen LogP contribution in [-0.4, -0.2) is 32.6 Å². The Labute approximate surface area is 188 Å². The molecule has 0 spiro atoms. The van der Waals surface area contributed by atoms with Gasteiger partial charge in [0.15, 0.2) is 0 Å². The summed E-state index contributed by atoms with van der Waals surface area (Å²) in [6.45, 7) is 7.37. The molecule has 0 aliphatic rings. The molecule has 0 unspecified atom stereocenters. The Morgan fingerprint density at radius 3 is 2.47 bits per heavy atom. The van der Waals surface area contributed by atoms with Crippen molar-refractivity contribution in [2.75, 3.05) is 18.4 Å². The van der Waals surface area contributed by atoms with Gasteiger partial charge < -0.3 is 15.0 Å². The molecule has 0 saturated heterocycles. The number of anilines is 2. The molecule has 6 nitrogen and oxygen atoms in total. The van der Waals surface area contributed by atoms with Gasteiger partial charge in [-0.05, 0) is 49.0 Å². The molecule has 0 fully saturated rings. The minimum absolute atomic E-state index is 0.247. The Morgan fingerprint density at radius 1 is 1.00 bits per heavy atom. The van der Waals surface area contributed by atoms with Crippen LogP contribution in [0.3, 0.4) is 0 Å². The zero-order valence-corrected chi connectivity index (χ0v) is 18.4. The van der Waals surface area contributed by atoms with Crippen molar-refractivity contribution in [3.63, 3.8) is 0 Å². The van der Waals surface area contributed by atoms with E-state index in [1.165, 1.54) is 0 Å². The topological polar surface area (TPSA) is 77.1 Å². The number of para-hydroxylation sites is 3. The number of nitrogens with one attached hydrogen (secondary N) is 1. The maximum Gasteiger partial charge on any atom is 0.208 e. The van der Waals surface area contributed by atoms with Crippen molar-refractivity contribution in [3.8, 4) is 11.8 Å². The van der Waals surface area contributed by atoms with Gasteiger partial charge in [-0.3, -0.25) is 4.90 Å². The first kappa shape index (κ1) is 21.4. The van der Waals surface area contributed by atoms with E-state index in [1.54, 1.807) is 0 Å². The summed E-state index contributed by atoms with van der Waals surface area (Å²) in [7, 11) is 0. The van der Waals surface area contributed by atoms with Gasteiger partial charge in [0.25, 0.3) is 0 Å². The number of aromatic hydroxyl groups is 1. The number of nitrogens with zero attached hydrogens (tertiary/aromatic N) is 4. The number of nitriles is 1. The second-order valence-corrected chi connectivity index (χ2v) is 7.72. The molecule has 2 N–H and O–H groups in total. The number of hydrogen-bond donors (Lipinski definition) is 2. The summed E-state index contributed by atoms with van der Waals surface area (Å²) in [5, 5.41) is 23.4. The fraction of sp³-hybridized carbons (Fsp3) is 0.231. The molecule has 0 amide bonds. The molecule has 4 aromatic rings. The molecule has 6 heteroatoms. The monoisotopic (exact) mass is 425 g/mol. The maximum absolute atomic E-state index is 10.9. The van der Waals surface area contributed by atoms with Gasteiger partial charge in [0.1, 0.15) is 5.75 Å². The van der Waals surface area contributed by atoms with Crippen molar-refractivity contribution < 1.29 is 5.11 Å². The molecular formula is C26H27N5O. The summed E-state index contributed by atoms with van der Waals surface area (Å²) in [5.74, 6) is 0.905. The lowest BCUT2D eigenvalue weighted by atomic mass is 10.1. The Hall–Kier alpha value is -3.82.